The largest absolute Gasteiger partial charge is 0.0683 e. The van der Waals surface area contributed by atoms with Crippen molar-refractivity contribution in [2.45, 2.75) is 119 Å². The van der Waals surface area contributed by atoms with Gasteiger partial charge < -0.3 is 0 Å². The highest BCUT2D eigenvalue weighted by atomic mass is 14.7. The normalized spacial score (nSPS) is 46.0. The van der Waals surface area contributed by atoms with Gasteiger partial charge in [-0.1, -0.05) is 74.1 Å². The van der Waals surface area contributed by atoms with Crippen molar-refractivity contribution in [2.75, 3.05) is 0 Å². The van der Waals surface area contributed by atoms with E-state index in [2.05, 4.69) is 20.8 Å². The molecule has 154 valence electrons. The van der Waals surface area contributed by atoms with Gasteiger partial charge in [0.15, 0.2) is 0 Å². The summed E-state index contributed by atoms with van der Waals surface area (Å²) >= 11 is 0. The lowest BCUT2D eigenvalue weighted by Crippen LogP contribution is -2.49. The molecule has 0 heterocycles. The van der Waals surface area contributed by atoms with E-state index >= 15 is 0 Å². The van der Waals surface area contributed by atoms with Crippen molar-refractivity contribution >= 4 is 0 Å². The topological polar surface area (TPSA) is 0 Å². The van der Waals surface area contributed by atoms with E-state index in [1.165, 1.54) is 25.7 Å². The molecule has 0 aromatic carbocycles. The smallest absolute Gasteiger partial charge is 0.0207 e. The van der Waals surface area contributed by atoms with Gasteiger partial charge in [0.25, 0.3) is 0 Å². The Bertz CT molecular complexity index is 399. The molecule has 26 heavy (non-hydrogen) atoms. The molecule has 5 unspecified atom stereocenters. The maximum absolute atomic E-state index is 2.52. The first-order chi connectivity index (χ1) is 12.7. The van der Waals surface area contributed by atoms with Gasteiger partial charge in [0, 0.05) is 0 Å². The van der Waals surface area contributed by atoms with E-state index in [1.807, 2.05) is 27.7 Å². The van der Waals surface area contributed by atoms with E-state index in [4.69, 9.17) is 0 Å². The van der Waals surface area contributed by atoms with Crippen molar-refractivity contribution in [1.29, 1.82) is 0 Å². The van der Waals surface area contributed by atoms with Crippen LogP contribution in [0.5, 0.6) is 0 Å². The third-order valence-corrected chi connectivity index (χ3v) is 9.01. The predicted octanol–water partition coefficient (Wildman–Crippen LogP) is 8.74. The van der Waals surface area contributed by atoms with Gasteiger partial charge in [0.1, 0.15) is 0 Å². The molecule has 4 aliphatic carbocycles. The van der Waals surface area contributed by atoms with E-state index in [0.29, 0.717) is 0 Å². The summed E-state index contributed by atoms with van der Waals surface area (Å²) in [5.41, 5.74) is 0.816. The van der Waals surface area contributed by atoms with Crippen molar-refractivity contribution < 1.29 is 0 Å². The standard InChI is InChI=1S/C22H38.2C2H6/c1-4-6-16-11-12-22-18(5-2)14-17-13-15(3)7-8-19(17)21(22)10-9-20(16)22;2*1-2/h15-21H,4-14H2,1-3H3;2*1-2H3/t15-,16?,17?,18+,19?,20-,21?,22?;;/m1../s1. The fourth-order valence-electron chi connectivity index (χ4n) is 8.45. The molecule has 4 rings (SSSR count). The second-order valence-corrected chi connectivity index (χ2v) is 9.67. The van der Waals surface area contributed by atoms with Gasteiger partial charge in [-0.05, 0) is 91.8 Å². The summed E-state index contributed by atoms with van der Waals surface area (Å²) in [6.45, 7) is 15.4. The summed E-state index contributed by atoms with van der Waals surface area (Å²) in [7, 11) is 0. The van der Waals surface area contributed by atoms with Crippen LogP contribution in [-0.4, -0.2) is 0 Å². The van der Waals surface area contributed by atoms with E-state index < -0.39 is 0 Å². The van der Waals surface area contributed by atoms with E-state index in [-0.39, 0.29) is 0 Å². The maximum atomic E-state index is 2.52. The molecule has 4 fully saturated rings. The molecule has 0 N–H and O–H groups in total. The fourth-order valence-corrected chi connectivity index (χ4v) is 8.45. The van der Waals surface area contributed by atoms with Crippen LogP contribution >= 0.6 is 0 Å². The molecule has 0 aromatic rings. The zero-order valence-electron chi connectivity index (χ0n) is 19.3. The Labute approximate surface area is 166 Å². The lowest BCUT2D eigenvalue weighted by Gasteiger charge is -2.56. The fraction of sp³-hybridized carbons (Fsp3) is 1.00. The van der Waals surface area contributed by atoms with Gasteiger partial charge in [-0.25, -0.2) is 0 Å². The van der Waals surface area contributed by atoms with Gasteiger partial charge in [0.2, 0.25) is 0 Å². The Kier molecular flexibility index (Phi) is 8.55. The highest BCUT2D eigenvalue weighted by molar-refractivity contribution is 5.12. The Morgan fingerprint density at radius 1 is 0.808 bits per heavy atom. The molecule has 0 nitrogen and oxygen atoms in total. The summed E-state index contributed by atoms with van der Waals surface area (Å²) in [6.07, 6.45) is 17.1. The Balaban J connectivity index is 0.000000570. The summed E-state index contributed by atoms with van der Waals surface area (Å²) in [4.78, 5) is 0. The Morgan fingerprint density at radius 3 is 2.15 bits per heavy atom. The zero-order valence-corrected chi connectivity index (χ0v) is 19.3. The van der Waals surface area contributed by atoms with Gasteiger partial charge >= 0.3 is 0 Å². The summed E-state index contributed by atoms with van der Waals surface area (Å²) < 4.78 is 0. The molecule has 0 aromatic heterocycles. The first kappa shape index (κ1) is 22.3. The van der Waals surface area contributed by atoms with E-state index in [1.54, 1.807) is 44.9 Å². The van der Waals surface area contributed by atoms with Crippen LogP contribution in [0, 0.1) is 46.8 Å². The number of rotatable bonds is 3. The van der Waals surface area contributed by atoms with Crippen molar-refractivity contribution in [3.05, 3.63) is 0 Å². The third-order valence-electron chi connectivity index (χ3n) is 9.01. The molecule has 0 heteroatoms. The van der Waals surface area contributed by atoms with E-state index in [9.17, 15) is 0 Å². The van der Waals surface area contributed by atoms with E-state index in [0.717, 1.165) is 46.8 Å². The predicted molar refractivity (Wildman–Crippen MR) is 117 cm³/mol. The number of hydrogen-bond donors (Lipinski definition) is 0. The highest BCUT2D eigenvalue weighted by Crippen LogP contribution is 2.71. The lowest BCUT2D eigenvalue weighted by molar-refractivity contribution is -0.0728. The summed E-state index contributed by atoms with van der Waals surface area (Å²) in [5.74, 6) is 7.69. The van der Waals surface area contributed by atoms with Crippen LogP contribution in [0.15, 0.2) is 0 Å². The average Bonchev–Trinajstić information content (AvgIpc) is 3.23. The first-order valence-corrected chi connectivity index (χ1v) is 12.7. The lowest BCUT2D eigenvalue weighted by atomic mass is 9.49. The zero-order chi connectivity index (χ0) is 19.3. The van der Waals surface area contributed by atoms with Crippen molar-refractivity contribution in [2.24, 2.45) is 46.8 Å². The van der Waals surface area contributed by atoms with Gasteiger partial charge in [0.05, 0.1) is 0 Å². The summed E-state index contributed by atoms with van der Waals surface area (Å²) in [5, 5.41) is 0. The van der Waals surface area contributed by atoms with Crippen LogP contribution in [0.25, 0.3) is 0 Å². The van der Waals surface area contributed by atoms with Gasteiger partial charge in [-0.3, -0.25) is 0 Å². The second kappa shape index (κ2) is 9.97. The monoisotopic (exact) mass is 362 g/mol. The van der Waals surface area contributed by atoms with Crippen molar-refractivity contribution in [1.82, 2.24) is 0 Å². The minimum absolute atomic E-state index is 0.816. The molecule has 0 saturated heterocycles. The average molecular weight is 363 g/mol. The molecule has 0 radical (unpaired) electrons. The van der Waals surface area contributed by atoms with Crippen LogP contribution in [0.3, 0.4) is 0 Å². The molecule has 0 amide bonds. The molecule has 0 bridgehead atoms. The molecular weight excluding hydrogens is 312 g/mol. The Hall–Kier alpha value is 0. The second-order valence-electron chi connectivity index (χ2n) is 9.67. The highest BCUT2D eigenvalue weighted by Gasteiger charge is 2.63. The van der Waals surface area contributed by atoms with Gasteiger partial charge in [-0.2, -0.15) is 0 Å². The maximum Gasteiger partial charge on any atom is -0.0207 e. The van der Waals surface area contributed by atoms with Crippen LogP contribution in [0.1, 0.15) is 119 Å². The Morgan fingerprint density at radius 2 is 1.50 bits per heavy atom. The van der Waals surface area contributed by atoms with Crippen LogP contribution in [0.2, 0.25) is 0 Å². The SMILES string of the molecule is CC.CC.CCCC1CCC23C(CC[C@H]12)C1CC[C@@H](C)CC1C[C@@H]3CC. The quantitative estimate of drug-likeness (QED) is 0.470. The number of fused-ring (bicyclic) bond motifs is 2. The molecule has 0 aliphatic heterocycles. The summed E-state index contributed by atoms with van der Waals surface area (Å²) in [6, 6.07) is 0. The molecular formula is C26H50. The van der Waals surface area contributed by atoms with Crippen molar-refractivity contribution in [3.8, 4) is 0 Å². The van der Waals surface area contributed by atoms with Crippen LogP contribution < -0.4 is 0 Å². The van der Waals surface area contributed by atoms with Gasteiger partial charge in [-0.15, -0.1) is 0 Å². The number of hydrogen-bond acceptors (Lipinski definition) is 0. The first-order valence-electron chi connectivity index (χ1n) is 12.7. The molecule has 8 atom stereocenters. The van der Waals surface area contributed by atoms with Crippen LogP contribution in [-0.2, 0) is 0 Å². The molecule has 4 aliphatic rings. The minimum Gasteiger partial charge on any atom is -0.0683 e. The minimum atomic E-state index is 0.816. The third kappa shape index (κ3) is 3.65. The van der Waals surface area contributed by atoms with Crippen LogP contribution in [0.4, 0.5) is 0 Å². The molecule has 1 spiro atoms. The molecule has 4 saturated carbocycles. The van der Waals surface area contributed by atoms with Crippen molar-refractivity contribution in [3.63, 3.8) is 0 Å².